The molecule has 0 radical (unpaired) electrons. The predicted molar refractivity (Wildman–Crippen MR) is 85.8 cm³/mol. The SMILES string of the molecule is NCCC1CN(Cc2ccc(Br)cn2)c2ccccc21. The number of anilines is 1. The highest BCUT2D eigenvalue weighted by atomic mass is 79.9. The van der Waals surface area contributed by atoms with Gasteiger partial charge in [-0.2, -0.15) is 0 Å². The molecule has 2 heterocycles. The summed E-state index contributed by atoms with van der Waals surface area (Å²) in [6.45, 7) is 2.63. The van der Waals surface area contributed by atoms with E-state index in [0.29, 0.717) is 5.92 Å². The number of halogens is 1. The van der Waals surface area contributed by atoms with E-state index in [1.54, 1.807) is 0 Å². The van der Waals surface area contributed by atoms with Crippen molar-refractivity contribution in [3.8, 4) is 0 Å². The van der Waals surface area contributed by atoms with Crippen molar-refractivity contribution in [1.82, 2.24) is 4.98 Å². The molecule has 0 fully saturated rings. The molecule has 1 atom stereocenters. The van der Waals surface area contributed by atoms with Crippen LogP contribution in [-0.4, -0.2) is 18.1 Å². The van der Waals surface area contributed by atoms with Crippen LogP contribution in [0.15, 0.2) is 47.1 Å². The van der Waals surface area contributed by atoms with E-state index in [9.17, 15) is 0 Å². The summed E-state index contributed by atoms with van der Waals surface area (Å²) in [7, 11) is 0. The van der Waals surface area contributed by atoms with Crippen LogP contribution in [-0.2, 0) is 6.54 Å². The molecular formula is C16H18BrN3. The van der Waals surface area contributed by atoms with Crippen LogP contribution in [0.1, 0.15) is 23.6 Å². The number of nitrogens with zero attached hydrogens (tertiary/aromatic N) is 2. The highest BCUT2D eigenvalue weighted by Gasteiger charge is 2.27. The van der Waals surface area contributed by atoms with Crippen LogP contribution in [0.3, 0.4) is 0 Å². The van der Waals surface area contributed by atoms with Crippen LogP contribution in [0.4, 0.5) is 5.69 Å². The van der Waals surface area contributed by atoms with Gasteiger partial charge in [0, 0.05) is 28.8 Å². The Morgan fingerprint density at radius 3 is 2.85 bits per heavy atom. The Labute approximate surface area is 127 Å². The Bertz CT molecular complexity index is 583. The summed E-state index contributed by atoms with van der Waals surface area (Å²) in [5.74, 6) is 0.548. The third-order valence-electron chi connectivity index (χ3n) is 3.81. The van der Waals surface area contributed by atoms with Crippen LogP contribution < -0.4 is 10.6 Å². The van der Waals surface area contributed by atoms with Gasteiger partial charge in [0.2, 0.25) is 0 Å². The molecule has 0 saturated heterocycles. The van der Waals surface area contributed by atoms with Gasteiger partial charge >= 0.3 is 0 Å². The summed E-state index contributed by atoms with van der Waals surface area (Å²) < 4.78 is 1.02. The Balaban J connectivity index is 1.82. The molecule has 0 bridgehead atoms. The number of para-hydroxylation sites is 1. The second kappa shape index (κ2) is 5.94. The summed E-state index contributed by atoms with van der Waals surface area (Å²) in [5.41, 5.74) is 9.59. The van der Waals surface area contributed by atoms with Gasteiger partial charge in [0.25, 0.3) is 0 Å². The third-order valence-corrected chi connectivity index (χ3v) is 4.28. The normalized spacial score (nSPS) is 17.3. The van der Waals surface area contributed by atoms with Crippen LogP contribution in [0.2, 0.25) is 0 Å². The molecule has 1 unspecified atom stereocenters. The van der Waals surface area contributed by atoms with Crippen molar-refractivity contribution in [2.24, 2.45) is 5.73 Å². The summed E-state index contributed by atoms with van der Waals surface area (Å²) >= 11 is 3.42. The molecule has 3 rings (SSSR count). The van der Waals surface area contributed by atoms with Gasteiger partial charge < -0.3 is 10.6 Å². The molecule has 20 heavy (non-hydrogen) atoms. The largest absolute Gasteiger partial charge is 0.365 e. The lowest BCUT2D eigenvalue weighted by molar-refractivity contribution is 0.641. The maximum Gasteiger partial charge on any atom is 0.0602 e. The lowest BCUT2D eigenvalue weighted by Gasteiger charge is -2.19. The molecule has 104 valence electrons. The van der Waals surface area contributed by atoms with Crippen molar-refractivity contribution in [2.45, 2.75) is 18.9 Å². The van der Waals surface area contributed by atoms with Crippen molar-refractivity contribution in [3.63, 3.8) is 0 Å². The lowest BCUT2D eigenvalue weighted by atomic mass is 9.98. The molecule has 0 spiro atoms. The van der Waals surface area contributed by atoms with E-state index in [-0.39, 0.29) is 0 Å². The maximum atomic E-state index is 5.74. The molecule has 0 amide bonds. The molecule has 0 aliphatic carbocycles. The van der Waals surface area contributed by atoms with Gasteiger partial charge in [0.15, 0.2) is 0 Å². The van der Waals surface area contributed by atoms with Gasteiger partial charge in [-0.15, -0.1) is 0 Å². The highest BCUT2D eigenvalue weighted by Crippen LogP contribution is 2.38. The zero-order valence-electron chi connectivity index (χ0n) is 11.3. The number of fused-ring (bicyclic) bond motifs is 1. The van der Waals surface area contributed by atoms with E-state index >= 15 is 0 Å². The second-order valence-electron chi connectivity index (χ2n) is 5.18. The maximum absolute atomic E-state index is 5.74. The fourth-order valence-electron chi connectivity index (χ4n) is 2.88. The summed E-state index contributed by atoms with van der Waals surface area (Å²) in [5, 5.41) is 0. The summed E-state index contributed by atoms with van der Waals surface area (Å²) in [4.78, 5) is 6.88. The number of hydrogen-bond donors (Lipinski definition) is 1. The van der Waals surface area contributed by atoms with E-state index in [4.69, 9.17) is 5.73 Å². The molecule has 1 aromatic carbocycles. The average Bonchev–Trinajstić information content (AvgIpc) is 2.81. The first-order chi connectivity index (χ1) is 9.78. The van der Waals surface area contributed by atoms with Gasteiger partial charge in [-0.3, -0.25) is 4.98 Å². The van der Waals surface area contributed by atoms with Gasteiger partial charge in [0.05, 0.1) is 12.2 Å². The Kier molecular flexibility index (Phi) is 4.03. The highest BCUT2D eigenvalue weighted by molar-refractivity contribution is 9.10. The first-order valence-electron chi connectivity index (χ1n) is 6.92. The second-order valence-corrected chi connectivity index (χ2v) is 6.10. The van der Waals surface area contributed by atoms with Crippen molar-refractivity contribution in [1.29, 1.82) is 0 Å². The molecular weight excluding hydrogens is 314 g/mol. The fourth-order valence-corrected chi connectivity index (χ4v) is 3.11. The minimum atomic E-state index is 0.548. The standard InChI is InChI=1S/C16H18BrN3/c17-13-5-6-14(19-9-13)11-20-10-12(7-8-18)15-3-1-2-4-16(15)20/h1-6,9,12H,7-8,10-11,18H2. The van der Waals surface area contributed by atoms with Crippen LogP contribution >= 0.6 is 15.9 Å². The van der Waals surface area contributed by atoms with E-state index in [0.717, 1.165) is 36.2 Å². The number of aromatic nitrogens is 1. The summed E-state index contributed by atoms with van der Waals surface area (Å²) in [6.07, 6.45) is 2.90. The number of nitrogens with two attached hydrogens (primary N) is 1. The zero-order valence-corrected chi connectivity index (χ0v) is 12.9. The first-order valence-corrected chi connectivity index (χ1v) is 7.71. The Morgan fingerprint density at radius 1 is 1.25 bits per heavy atom. The van der Waals surface area contributed by atoms with Crippen LogP contribution in [0.5, 0.6) is 0 Å². The molecule has 2 aromatic rings. The minimum absolute atomic E-state index is 0.548. The summed E-state index contributed by atoms with van der Waals surface area (Å²) in [6, 6.07) is 12.8. The predicted octanol–water partition coefficient (Wildman–Crippen LogP) is 3.30. The Morgan fingerprint density at radius 2 is 2.10 bits per heavy atom. The monoisotopic (exact) mass is 331 g/mol. The quantitative estimate of drug-likeness (QED) is 0.934. The van der Waals surface area contributed by atoms with Gasteiger partial charge in [-0.1, -0.05) is 18.2 Å². The molecule has 1 aliphatic heterocycles. The molecule has 0 saturated carbocycles. The molecule has 1 aliphatic rings. The molecule has 4 heteroatoms. The van der Waals surface area contributed by atoms with E-state index in [1.165, 1.54) is 11.3 Å². The van der Waals surface area contributed by atoms with Crippen molar-refractivity contribution >= 4 is 21.6 Å². The number of hydrogen-bond acceptors (Lipinski definition) is 3. The van der Waals surface area contributed by atoms with Crippen LogP contribution in [0, 0.1) is 0 Å². The number of rotatable bonds is 4. The molecule has 2 N–H and O–H groups in total. The molecule has 3 nitrogen and oxygen atoms in total. The smallest absolute Gasteiger partial charge is 0.0602 e. The van der Waals surface area contributed by atoms with Gasteiger partial charge in [-0.25, -0.2) is 0 Å². The third kappa shape index (κ3) is 2.72. The fraction of sp³-hybridized carbons (Fsp3) is 0.312. The van der Waals surface area contributed by atoms with E-state index < -0.39 is 0 Å². The first kappa shape index (κ1) is 13.6. The van der Waals surface area contributed by atoms with Crippen molar-refractivity contribution in [3.05, 3.63) is 58.3 Å². The lowest BCUT2D eigenvalue weighted by Crippen LogP contribution is -2.22. The molecule has 1 aromatic heterocycles. The van der Waals surface area contributed by atoms with E-state index in [2.05, 4.69) is 56.1 Å². The topological polar surface area (TPSA) is 42.1 Å². The van der Waals surface area contributed by atoms with Crippen LogP contribution in [0.25, 0.3) is 0 Å². The van der Waals surface area contributed by atoms with Gasteiger partial charge in [0.1, 0.15) is 0 Å². The Hall–Kier alpha value is -1.39. The van der Waals surface area contributed by atoms with Crippen molar-refractivity contribution in [2.75, 3.05) is 18.0 Å². The average molecular weight is 332 g/mol. The number of benzene rings is 1. The minimum Gasteiger partial charge on any atom is -0.365 e. The van der Waals surface area contributed by atoms with Crippen molar-refractivity contribution < 1.29 is 0 Å². The zero-order chi connectivity index (χ0) is 13.9. The number of pyridine rings is 1. The van der Waals surface area contributed by atoms with E-state index in [1.807, 2.05) is 12.3 Å². The van der Waals surface area contributed by atoms with Gasteiger partial charge in [-0.05, 0) is 52.7 Å².